The molecule has 0 aromatic carbocycles. The molecular formula is C16H28BrIN4S. The summed E-state index contributed by atoms with van der Waals surface area (Å²) in [4.78, 5) is 8.20. The molecule has 23 heavy (non-hydrogen) atoms. The van der Waals surface area contributed by atoms with Crippen molar-refractivity contribution < 1.29 is 0 Å². The van der Waals surface area contributed by atoms with Crippen molar-refractivity contribution >= 4 is 57.2 Å². The summed E-state index contributed by atoms with van der Waals surface area (Å²) in [6.07, 6.45) is 5.27. The second-order valence-electron chi connectivity index (χ2n) is 5.82. The van der Waals surface area contributed by atoms with Crippen LogP contribution >= 0.6 is 51.2 Å². The SMILES string of the molecule is CN=C(NCCCN1CCCCC1C)NCc1cc(Br)cs1.I. The van der Waals surface area contributed by atoms with Crippen molar-refractivity contribution in [1.82, 2.24) is 15.5 Å². The van der Waals surface area contributed by atoms with E-state index in [1.807, 2.05) is 7.05 Å². The van der Waals surface area contributed by atoms with Crippen molar-refractivity contribution in [2.45, 2.75) is 45.2 Å². The highest BCUT2D eigenvalue weighted by Gasteiger charge is 2.17. The lowest BCUT2D eigenvalue weighted by atomic mass is 10.0. The van der Waals surface area contributed by atoms with Crippen LogP contribution in [0.15, 0.2) is 20.9 Å². The van der Waals surface area contributed by atoms with Gasteiger partial charge in [0, 0.05) is 40.9 Å². The molecule has 1 unspecified atom stereocenters. The highest BCUT2D eigenvalue weighted by atomic mass is 127. The van der Waals surface area contributed by atoms with Gasteiger partial charge < -0.3 is 15.5 Å². The van der Waals surface area contributed by atoms with E-state index in [-0.39, 0.29) is 24.0 Å². The van der Waals surface area contributed by atoms with Gasteiger partial charge in [-0.05, 0) is 54.7 Å². The van der Waals surface area contributed by atoms with E-state index in [4.69, 9.17) is 0 Å². The van der Waals surface area contributed by atoms with Crippen molar-refractivity contribution in [3.05, 3.63) is 20.8 Å². The van der Waals surface area contributed by atoms with E-state index in [0.717, 1.165) is 36.0 Å². The van der Waals surface area contributed by atoms with Crippen LogP contribution in [-0.4, -0.2) is 43.6 Å². The van der Waals surface area contributed by atoms with Crippen molar-refractivity contribution in [1.29, 1.82) is 0 Å². The summed E-state index contributed by atoms with van der Waals surface area (Å²) in [5.41, 5.74) is 0. The molecular weight excluding hydrogens is 487 g/mol. The van der Waals surface area contributed by atoms with Crippen molar-refractivity contribution in [3.63, 3.8) is 0 Å². The number of rotatable bonds is 6. The predicted molar refractivity (Wildman–Crippen MR) is 115 cm³/mol. The number of aliphatic imine (C=N–C) groups is 1. The van der Waals surface area contributed by atoms with E-state index >= 15 is 0 Å². The lowest BCUT2D eigenvalue weighted by Gasteiger charge is -2.33. The summed E-state index contributed by atoms with van der Waals surface area (Å²) in [6.45, 7) is 6.59. The van der Waals surface area contributed by atoms with Gasteiger partial charge in [-0.1, -0.05) is 6.42 Å². The molecule has 1 aliphatic rings. The second kappa shape index (κ2) is 11.7. The van der Waals surface area contributed by atoms with Crippen LogP contribution in [0.2, 0.25) is 0 Å². The zero-order chi connectivity index (χ0) is 15.8. The van der Waals surface area contributed by atoms with Crippen LogP contribution < -0.4 is 10.6 Å². The molecule has 0 amide bonds. The number of thiophene rings is 1. The maximum atomic E-state index is 4.28. The number of piperidine rings is 1. The van der Waals surface area contributed by atoms with Crippen molar-refractivity contribution in [2.24, 2.45) is 4.99 Å². The third-order valence-corrected chi connectivity index (χ3v) is 5.83. The van der Waals surface area contributed by atoms with Crippen LogP contribution in [0.3, 0.4) is 0 Å². The van der Waals surface area contributed by atoms with Crippen LogP contribution in [0, 0.1) is 0 Å². The first-order valence-electron chi connectivity index (χ1n) is 8.10. The molecule has 2 N–H and O–H groups in total. The molecule has 1 aromatic rings. The van der Waals surface area contributed by atoms with Crippen LogP contribution in [-0.2, 0) is 6.54 Å². The Balaban J connectivity index is 0.00000264. The monoisotopic (exact) mass is 514 g/mol. The zero-order valence-electron chi connectivity index (χ0n) is 14.0. The number of likely N-dealkylation sites (tertiary alicyclic amines) is 1. The average Bonchev–Trinajstić information content (AvgIpc) is 2.94. The van der Waals surface area contributed by atoms with Gasteiger partial charge in [0.2, 0.25) is 0 Å². The number of hydrogen-bond donors (Lipinski definition) is 2. The van der Waals surface area contributed by atoms with Gasteiger partial charge in [0.05, 0.1) is 6.54 Å². The van der Waals surface area contributed by atoms with E-state index in [0.29, 0.717) is 0 Å². The molecule has 0 saturated carbocycles. The number of guanidine groups is 1. The molecule has 0 spiro atoms. The molecule has 0 bridgehead atoms. The molecule has 7 heteroatoms. The molecule has 132 valence electrons. The molecule has 1 aliphatic heterocycles. The first kappa shape index (κ1) is 21.2. The fraction of sp³-hybridized carbons (Fsp3) is 0.688. The fourth-order valence-electron chi connectivity index (χ4n) is 2.82. The Hall–Kier alpha value is 0.140. The van der Waals surface area contributed by atoms with Crippen molar-refractivity contribution in [2.75, 3.05) is 26.7 Å². The van der Waals surface area contributed by atoms with Crippen molar-refractivity contribution in [3.8, 4) is 0 Å². The Morgan fingerprint density at radius 2 is 2.26 bits per heavy atom. The smallest absolute Gasteiger partial charge is 0.191 e. The Bertz CT molecular complexity index is 480. The number of nitrogens with zero attached hydrogens (tertiary/aromatic N) is 2. The van der Waals surface area contributed by atoms with Crippen LogP contribution in [0.5, 0.6) is 0 Å². The molecule has 2 rings (SSSR count). The third kappa shape index (κ3) is 7.70. The fourth-order valence-corrected chi connectivity index (χ4v) is 4.21. The maximum Gasteiger partial charge on any atom is 0.191 e. The van der Waals surface area contributed by atoms with E-state index in [2.05, 4.69) is 54.8 Å². The Kier molecular flexibility index (Phi) is 10.7. The standard InChI is InChI=1S/C16H27BrN4S.HI/c1-13-6-3-4-8-21(13)9-5-7-19-16(18-2)20-11-15-10-14(17)12-22-15;/h10,12-13H,3-9,11H2,1-2H3,(H2,18,19,20);1H. The highest BCUT2D eigenvalue weighted by molar-refractivity contribution is 14.0. The van der Waals surface area contributed by atoms with E-state index in [9.17, 15) is 0 Å². The molecule has 4 nitrogen and oxygen atoms in total. The maximum absolute atomic E-state index is 4.28. The Labute approximate surface area is 169 Å². The lowest BCUT2D eigenvalue weighted by molar-refractivity contribution is 0.159. The van der Waals surface area contributed by atoms with Gasteiger partial charge in [-0.3, -0.25) is 4.99 Å². The van der Waals surface area contributed by atoms with Gasteiger partial charge in [-0.25, -0.2) is 0 Å². The number of hydrogen-bond acceptors (Lipinski definition) is 3. The summed E-state index contributed by atoms with van der Waals surface area (Å²) >= 11 is 5.23. The topological polar surface area (TPSA) is 39.7 Å². The minimum Gasteiger partial charge on any atom is -0.356 e. The molecule has 2 heterocycles. The average molecular weight is 515 g/mol. The molecule has 0 aliphatic carbocycles. The summed E-state index contributed by atoms with van der Waals surface area (Å²) in [5, 5.41) is 8.87. The van der Waals surface area contributed by atoms with Crippen LogP contribution in [0.1, 0.15) is 37.5 Å². The lowest BCUT2D eigenvalue weighted by Crippen LogP contribution is -2.41. The minimum atomic E-state index is 0. The van der Waals surface area contributed by atoms with Gasteiger partial charge in [-0.15, -0.1) is 35.3 Å². The Morgan fingerprint density at radius 3 is 2.91 bits per heavy atom. The minimum absolute atomic E-state index is 0. The molecule has 1 aromatic heterocycles. The number of halogens is 2. The quantitative estimate of drug-likeness (QED) is 0.260. The zero-order valence-corrected chi connectivity index (χ0v) is 18.7. The van der Waals surface area contributed by atoms with Gasteiger partial charge in [0.25, 0.3) is 0 Å². The van der Waals surface area contributed by atoms with E-state index < -0.39 is 0 Å². The van der Waals surface area contributed by atoms with Gasteiger partial charge in [0.15, 0.2) is 5.96 Å². The summed E-state index contributed by atoms with van der Waals surface area (Å²) < 4.78 is 1.15. The Morgan fingerprint density at radius 1 is 1.43 bits per heavy atom. The van der Waals surface area contributed by atoms with Crippen LogP contribution in [0.4, 0.5) is 0 Å². The van der Waals surface area contributed by atoms with Gasteiger partial charge in [-0.2, -0.15) is 0 Å². The summed E-state index contributed by atoms with van der Waals surface area (Å²) in [6, 6.07) is 2.89. The molecule has 0 radical (unpaired) electrons. The molecule has 1 saturated heterocycles. The molecule has 1 atom stereocenters. The predicted octanol–water partition coefficient (Wildman–Crippen LogP) is 4.06. The first-order chi connectivity index (χ1) is 10.7. The van der Waals surface area contributed by atoms with Gasteiger partial charge >= 0.3 is 0 Å². The van der Waals surface area contributed by atoms with E-state index in [1.165, 1.54) is 37.2 Å². The summed E-state index contributed by atoms with van der Waals surface area (Å²) in [7, 11) is 1.83. The first-order valence-corrected chi connectivity index (χ1v) is 9.78. The summed E-state index contributed by atoms with van der Waals surface area (Å²) in [5.74, 6) is 0.885. The highest BCUT2D eigenvalue weighted by Crippen LogP contribution is 2.19. The molecule has 1 fully saturated rings. The van der Waals surface area contributed by atoms with Crippen LogP contribution in [0.25, 0.3) is 0 Å². The van der Waals surface area contributed by atoms with E-state index in [1.54, 1.807) is 11.3 Å². The third-order valence-electron chi connectivity index (χ3n) is 4.13. The largest absolute Gasteiger partial charge is 0.356 e. The van der Waals surface area contributed by atoms with Gasteiger partial charge in [0.1, 0.15) is 0 Å². The number of nitrogens with one attached hydrogen (secondary N) is 2. The second-order valence-corrected chi connectivity index (χ2v) is 7.73. The normalized spacial score (nSPS) is 19.3.